The van der Waals surface area contributed by atoms with Gasteiger partial charge in [0, 0.05) is 19.1 Å². The third kappa shape index (κ3) is 6.20. The van der Waals surface area contributed by atoms with E-state index in [1.807, 2.05) is 26.8 Å². The second-order valence-corrected chi connectivity index (χ2v) is 13.2. The highest BCUT2D eigenvalue weighted by molar-refractivity contribution is 9.15. The van der Waals surface area contributed by atoms with Crippen molar-refractivity contribution in [3.63, 3.8) is 0 Å². The van der Waals surface area contributed by atoms with E-state index in [1.54, 1.807) is 36.4 Å². The van der Waals surface area contributed by atoms with E-state index < -0.39 is 20.9 Å². The number of carbonyl (C=O) groups is 1. The smallest absolute Gasteiger partial charge is 0.296 e. The highest BCUT2D eigenvalue weighted by Gasteiger charge is 2.31. The lowest BCUT2D eigenvalue weighted by atomic mass is 9.86. The number of nitrogens with zero attached hydrogens (tertiary/aromatic N) is 1. The molecule has 12 heteroatoms. The fraction of sp³-hybridized carbons (Fsp3) is 0.167. The van der Waals surface area contributed by atoms with Crippen LogP contribution in [-0.2, 0) is 15.5 Å². The van der Waals surface area contributed by atoms with Crippen LogP contribution < -0.4 is 10.6 Å². The minimum atomic E-state index is -4.79. The van der Waals surface area contributed by atoms with Crippen molar-refractivity contribution in [3.05, 3.63) is 77.0 Å². The van der Waals surface area contributed by atoms with Crippen LogP contribution in [0.1, 0.15) is 42.3 Å². The Kier molecular flexibility index (Phi) is 8.75. The minimum absolute atomic E-state index is 0.00963. The van der Waals surface area contributed by atoms with Crippen molar-refractivity contribution < 1.29 is 17.8 Å². The molecule has 36 heavy (non-hydrogen) atoms. The molecule has 3 aromatic carbocycles. The predicted molar refractivity (Wildman–Crippen MR) is 155 cm³/mol. The summed E-state index contributed by atoms with van der Waals surface area (Å²) in [7, 11) is -4.79. The lowest BCUT2D eigenvalue weighted by Crippen LogP contribution is -2.20. The van der Waals surface area contributed by atoms with E-state index in [4.69, 9.17) is 5.26 Å². The molecule has 0 saturated heterocycles. The van der Waals surface area contributed by atoms with Crippen LogP contribution in [0.4, 0.5) is 17.1 Å². The first-order valence-corrected chi connectivity index (χ1v) is 14.8. The normalized spacial score (nSPS) is 11.6. The van der Waals surface area contributed by atoms with Crippen LogP contribution >= 0.6 is 63.7 Å². The van der Waals surface area contributed by atoms with Gasteiger partial charge >= 0.3 is 0 Å². The van der Waals surface area contributed by atoms with Crippen LogP contribution in [0.25, 0.3) is 0 Å². The number of nitrogens with one attached hydrogen (secondary N) is 2. The van der Waals surface area contributed by atoms with Gasteiger partial charge in [0.2, 0.25) is 0 Å². The number of halogens is 4. The van der Waals surface area contributed by atoms with E-state index in [1.165, 1.54) is 0 Å². The van der Waals surface area contributed by atoms with Crippen LogP contribution in [-0.4, -0.2) is 18.9 Å². The molecule has 3 N–H and O–H groups in total. The maximum Gasteiger partial charge on any atom is 0.296 e. The number of benzene rings is 3. The van der Waals surface area contributed by atoms with E-state index in [0.29, 0.717) is 31.6 Å². The average Bonchev–Trinajstić information content (AvgIpc) is 2.79. The van der Waals surface area contributed by atoms with Gasteiger partial charge in [-0.25, -0.2) is 0 Å². The van der Waals surface area contributed by atoms with Crippen molar-refractivity contribution in [1.29, 1.82) is 5.26 Å². The molecule has 0 unspecified atom stereocenters. The molecule has 0 saturated carbocycles. The van der Waals surface area contributed by atoms with Crippen molar-refractivity contribution in [1.82, 2.24) is 0 Å². The Labute approximate surface area is 242 Å². The number of nitriles is 1. The molecule has 188 valence electrons. The van der Waals surface area contributed by atoms with E-state index in [9.17, 15) is 17.8 Å². The fourth-order valence-electron chi connectivity index (χ4n) is 3.25. The zero-order valence-corrected chi connectivity index (χ0v) is 26.2. The second-order valence-electron chi connectivity index (χ2n) is 8.71. The largest absolute Gasteiger partial charge is 0.354 e. The van der Waals surface area contributed by atoms with Crippen molar-refractivity contribution in [2.75, 3.05) is 10.6 Å². The van der Waals surface area contributed by atoms with Gasteiger partial charge in [-0.15, -0.1) is 0 Å². The van der Waals surface area contributed by atoms with Gasteiger partial charge < -0.3 is 10.6 Å². The first-order chi connectivity index (χ1) is 16.6. The van der Waals surface area contributed by atoms with Crippen molar-refractivity contribution in [2.45, 2.75) is 31.1 Å². The third-order valence-electron chi connectivity index (χ3n) is 5.14. The Hall–Kier alpha value is -1.75. The number of hydrogen-bond donors (Lipinski definition) is 3. The van der Waals surface area contributed by atoms with Gasteiger partial charge in [0.15, 0.2) is 0 Å². The maximum atomic E-state index is 13.5. The first-order valence-electron chi connectivity index (χ1n) is 10.2. The summed E-state index contributed by atoms with van der Waals surface area (Å²) in [6.07, 6.45) is 0. The molecule has 0 bridgehead atoms. The Balaban J connectivity index is 2.15. The molecule has 0 aliphatic carbocycles. The van der Waals surface area contributed by atoms with E-state index in [2.05, 4.69) is 80.4 Å². The van der Waals surface area contributed by atoms with Crippen LogP contribution in [0, 0.1) is 11.3 Å². The average molecular weight is 765 g/mol. The lowest BCUT2D eigenvalue weighted by Gasteiger charge is -2.23. The summed E-state index contributed by atoms with van der Waals surface area (Å²) in [6.45, 7) is 6.08. The van der Waals surface area contributed by atoms with Crippen LogP contribution in [0.5, 0.6) is 0 Å². The number of rotatable bonds is 5. The predicted octanol–water partition coefficient (Wildman–Crippen LogP) is 8.15. The zero-order chi connectivity index (χ0) is 27.0. The molecule has 3 aromatic rings. The molecule has 0 aromatic heterocycles. The Morgan fingerprint density at radius 3 is 2.03 bits per heavy atom. The molecule has 0 spiro atoms. The zero-order valence-electron chi connectivity index (χ0n) is 19.1. The highest BCUT2D eigenvalue weighted by atomic mass is 79.9. The van der Waals surface area contributed by atoms with Gasteiger partial charge in [0.25, 0.3) is 16.0 Å². The second kappa shape index (κ2) is 10.9. The van der Waals surface area contributed by atoms with Crippen molar-refractivity contribution >= 4 is 96.8 Å². The molecule has 1 amide bonds. The molecule has 7 nitrogen and oxygen atoms in total. The Bertz CT molecular complexity index is 1510. The monoisotopic (exact) mass is 761 g/mol. The molecule has 0 aliphatic heterocycles. The van der Waals surface area contributed by atoms with Crippen molar-refractivity contribution in [3.8, 4) is 6.07 Å². The lowest BCUT2D eigenvalue weighted by molar-refractivity contribution is 0.102. The van der Waals surface area contributed by atoms with E-state index in [-0.39, 0.29) is 19.9 Å². The van der Waals surface area contributed by atoms with Gasteiger partial charge in [0.1, 0.15) is 4.90 Å². The highest BCUT2D eigenvalue weighted by Crippen LogP contribution is 2.44. The maximum absolute atomic E-state index is 13.5. The summed E-state index contributed by atoms with van der Waals surface area (Å²) in [6, 6.07) is 14.4. The summed E-state index contributed by atoms with van der Waals surface area (Å²) in [5.41, 5.74) is 2.52. The molecule has 0 atom stereocenters. The number of carbonyl (C=O) groups excluding carboxylic acids is 1. The van der Waals surface area contributed by atoms with Gasteiger partial charge in [-0.2, -0.15) is 13.7 Å². The van der Waals surface area contributed by atoms with Gasteiger partial charge in [-0.3, -0.25) is 9.35 Å². The first kappa shape index (κ1) is 28.8. The van der Waals surface area contributed by atoms with E-state index in [0.717, 1.165) is 5.56 Å². The Morgan fingerprint density at radius 2 is 1.50 bits per heavy atom. The molecule has 3 rings (SSSR count). The summed E-state index contributed by atoms with van der Waals surface area (Å²) in [5.74, 6) is -0.766. The number of amides is 1. The van der Waals surface area contributed by atoms with Crippen LogP contribution in [0.2, 0.25) is 0 Å². The summed E-state index contributed by atoms with van der Waals surface area (Å²) in [5, 5.41) is 15.1. The van der Waals surface area contributed by atoms with Gasteiger partial charge in [-0.1, -0.05) is 26.8 Å². The van der Waals surface area contributed by atoms with Gasteiger partial charge in [-0.05, 0) is 111 Å². The number of anilines is 3. The summed E-state index contributed by atoms with van der Waals surface area (Å²) in [4.78, 5) is 12.9. The molecule has 0 aliphatic rings. The summed E-state index contributed by atoms with van der Waals surface area (Å²) < 4.78 is 35.2. The quantitative estimate of drug-likeness (QED) is 0.137. The van der Waals surface area contributed by atoms with Crippen molar-refractivity contribution in [2.24, 2.45) is 0 Å². The molecule has 0 fully saturated rings. The Morgan fingerprint density at radius 1 is 0.917 bits per heavy atom. The summed E-state index contributed by atoms with van der Waals surface area (Å²) >= 11 is 13.0. The standard InChI is InChI=1S/C24H19Br4N3O4S/c1-24(2,3)13-6-9-15(30-14-7-4-12(11-29)5-8-14)16(10-13)31-23(32)17-18(25)19(26)20(27)21(28)22(17)36(33,34)35/h4-10,30H,1-3H3,(H,31,32)(H,33,34,35). The minimum Gasteiger partial charge on any atom is -0.354 e. The molecule has 0 heterocycles. The molecular formula is C24H19Br4N3O4S. The SMILES string of the molecule is CC(C)(C)c1ccc(Nc2ccc(C#N)cc2)c(NC(=O)c2c(Br)c(Br)c(Br)c(Br)c2S(=O)(=O)O)c1. The third-order valence-corrected chi connectivity index (χ3v) is 11.1. The molecule has 0 radical (unpaired) electrons. The topological polar surface area (TPSA) is 119 Å². The molecular weight excluding hydrogens is 746 g/mol. The number of hydrogen-bond acceptors (Lipinski definition) is 5. The van der Waals surface area contributed by atoms with Gasteiger partial charge in [0.05, 0.1) is 33.0 Å². The fourth-order valence-corrected chi connectivity index (χ4v) is 7.20. The van der Waals surface area contributed by atoms with Crippen LogP contribution in [0.3, 0.4) is 0 Å². The van der Waals surface area contributed by atoms with Crippen LogP contribution in [0.15, 0.2) is 65.3 Å². The van der Waals surface area contributed by atoms with E-state index >= 15 is 0 Å².